The van der Waals surface area contributed by atoms with Crippen LogP contribution < -0.4 is 0 Å². The minimum absolute atomic E-state index is 0.0945. The third kappa shape index (κ3) is 3.40. The van der Waals surface area contributed by atoms with Crippen molar-refractivity contribution in [1.29, 1.82) is 0 Å². The molecule has 13 heavy (non-hydrogen) atoms. The highest BCUT2D eigenvalue weighted by Gasteiger charge is 1.95. The van der Waals surface area contributed by atoms with Gasteiger partial charge in [0.15, 0.2) is 0 Å². The van der Waals surface area contributed by atoms with Crippen LogP contribution in [0.1, 0.15) is 12.0 Å². The van der Waals surface area contributed by atoms with Gasteiger partial charge in [-0.25, -0.2) is 0 Å². The van der Waals surface area contributed by atoms with E-state index in [0.29, 0.717) is 11.4 Å². The smallest absolute Gasteiger partial charge is 0.0560 e. The van der Waals surface area contributed by atoms with E-state index in [1.165, 1.54) is 0 Å². The van der Waals surface area contributed by atoms with Crippen LogP contribution in [0.3, 0.4) is 0 Å². The van der Waals surface area contributed by atoms with E-state index in [2.05, 4.69) is 27.8 Å². The van der Waals surface area contributed by atoms with Gasteiger partial charge in [0.2, 0.25) is 0 Å². The maximum atomic E-state index is 8.51. The Kier molecular flexibility index (Phi) is 4.31. The van der Waals surface area contributed by atoms with Gasteiger partial charge in [-0.1, -0.05) is 23.4 Å². The monoisotopic (exact) mass is 258 g/mol. The van der Waals surface area contributed by atoms with Crippen LogP contribution in [0.25, 0.3) is 0 Å². The normalized spacial score (nSPS) is 9.15. The van der Waals surface area contributed by atoms with Crippen LogP contribution in [0.2, 0.25) is 5.02 Å². The van der Waals surface area contributed by atoms with Crippen molar-refractivity contribution in [3.8, 4) is 11.8 Å². The molecule has 0 radical (unpaired) electrons. The highest BCUT2D eigenvalue weighted by molar-refractivity contribution is 9.10. The van der Waals surface area contributed by atoms with Crippen LogP contribution in [0.15, 0.2) is 22.7 Å². The predicted molar refractivity (Wildman–Crippen MR) is 57.7 cm³/mol. The molecule has 1 nitrogen and oxygen atoms in total. The lowest BCUT2D eigenvalue weighted by Crippen LogP contribution is -1.78. The zero-order valence-corrected chi connectivity index (χ0v) is 9.19. The first-order chi connectivity index (χ1) is 6.24. The van der Waals surface area contributed by atoms with Crippen molar-refractivity contribution < 1.29 is 5.11 Å². The Labute approximate surface area is 90.9 Å². The third-order valence-electron chi connectivity index (χ3n) is 1.39. The first-order valence-corrected chi connectivity index (χ1v) is 4.96. The molecular formula is C10H8BrClO. The van der Waals surface area contributed by atoms with Crippen LogP contribution in [0, 0.1) is 11.8 Å². The van der Waals surface area contributed by atoms with Crippen molar-refractivity contribution in [3.63, 3.8) is 0 Å². The van der Waals surface area contributed by atoms with Crippen LogP contribution in [-0.2, 0) is 0 Å². The zero-order chi connectivity index (χ0) is 9.68. The van der Waals surface area contributed by atoms with Gasteiger partial charge in [-0.3, -0.25) is 0 Å². The fourth-order valence-corrected chi connectivity index (χ4v) is 1.22. The molecule has 0 aliphatic rings. The standard InChI is InChI=1S/C10H8BrClO/c11-9-5-4-8(7-10(9)12)3-1-2-6-13/h4-5,7,13H,2,6H2. The van der Waals surface area contributed by atoms with E-state index in [9.17, 15) is 0 Å². The summed E-state index contributed by atoms with van der Waals surface area (Å²) in [4.78, 5) is 0. The molecule has 0 saturated carbocycles. The number of hydrogen-bond donors (Lipinski definition) is 1. The molecule has 0 bridgehead atoms. The lowest BCUT2D eigenvalue weighted by molar-refractivity contribution is 0.305. The van der Waals surface area contributed by atoms with Gasteiger partial charge in [-0.2, -0.15) is 0 Å². The van der Waals surface area contributed by atoms with Crippen molar-refractivity contribution in [3.05, 3.63) is 33.3 Å². The summed E-state index contributed by atoms with van der Waals surface area (Å²) in [7, 11) is 0. The Balaban J connectivity index is 2.81. The Hall–Kier alpha value is -0.490. The van der Waals surface area contributed by atoms with Crippen LogP contribution in [-0.4, -0.2) is 11.7 Å². The average Bonchev–Trinajstić information content (AvgIpc) is 2.12. The van der Waals surface area contributed by atoms with E-state index in [0.717, 1.165) is 10.0 Å². The number of rotatable bonds is 1. The van der Waals surface area contributed by atoms with Gasteiger partial charge >= 0.3 is 0 Å². The van der Waals surface area contributed by atoms with Gasteiger partial charge in [-0.15, -0.1) is 0 Å². The largest absolute Gasteiger partial charge is 0.395 e. The van der Waals surface area contributed by atoms with Gasteiger partial charge < -0.3 is 5.11 Å². The third-order valence-corrected chi connectivity index (χ3v) is 2.62. The highest BCUT2D eigenvalue weighted by atomic mass is 79.9. The molecule has 1 aromatic carbocycles. The Morgan fingerprint density at radius 1 is 1.46 bits per heavy atom. The molecular weight excluding hydrogens is 251 g/mol. The lowest BCUT2D eigenvalue weighted by atomic mass is 10.2. The maximum absolute atomic E-state index is 8.51. The van der Waals surface area contributed by atoms with Gasteiger partial charge in [0.1, 0.15) is 0 Å². The van der Waals surface area contributed by atoms with Crippen molar-refractivity contribution in [2.45, 2.75) is 6.42 Å². The SMILES string of the molecule is OCCC#Cc1ccc(Br)c(Cl)c1. The number of benzene rings is 1. The average molecular weight is 260 g/mol. The van der Waals surface area contributed by atoms with Crippen LogP contribution in [0.5, 0.6) is 0 Å². The van der Waals surface area contributed by atoms with E-state index in [-0.39, 0.29) is 6.61 Å². The molecule has 0 spiro atoms. The van der Waals surface area contributed by atoms with Crippen molar-refractivity contribution >= 4 is 27.5 Å². The molecule has 0 fully saturated rings. The minimum Gasteiger partial charge on any atom is -0.395 e. The van der Waals surface area contributed by atoms with Gasteiger partial charge in [0.25, 0.3) is 0 Å². The summed E-state index contributed by atoms with van der Waals surface area (Å²) < 4.78 is 0.863. The second kappa shape index (κ2) is 5.29. The molecule has 68 valence electrons. The van der Waals surface area contributed by atoms with E-state index in [1.54, 1.807) is 6.07 Å². The molecule has 0 saturated heterocycles. The van der Waals surface area contributed by atoms with Crippen LogP contribution in [0.4, 0.5) is 0 Å². The summed E-state index contributed by atoms with van der Waals surface area (Å²) in [6.45, 7) is 0.0945. The van der Waals surface area contributed by atoms with E-state index in [1.807, 2.05) is 12.1 Å². The van der Waals surface area contributed by atoms with Crippen molar-refractivity contribution in [1.82, 2.24) is 0 Å². The second-order valence-corrected chi connectivity index (χ2v) is 3.67. The summed E-state index contributed by atoms with van der Waals surface area (Å²) in [6, 6.07) is 5.52. The molecule has 3 heteroatoms. The summed E-state index contributed by atoms with van der Waals surface area (Å²) in [5.74, 6) is 5.72. The Morgan fingerprint density at radius 2 is 2.23 bits per heavy atom. The fourth-order valence-electron chi connectivity index (χ4n) is 0.794. The maximum Gasteiger partial charge on any atom is 0.0560 e. The zero-order valence-electron chi connectivity index (χ0n) is 6.85. The van der Waals surface area contributed by atoms with Crippen molar-refractivity contribution in [2.75, 3.05) is 6.61 Å². The van der Waals surface area contributed by atoms with Gasteiger partial charge in [-0.05, 0) is 34.1 Å². The first kappa shape index (κ1) is 10.6. The molecule has 0 amide bonds. The predicted octanol–water partition coefficient (Wildman–Crippen LogP) is 2.84. The molecule has 0 aliphatic heterocycles. The molecule has 0 atom stereocenters. The lowest BCUT2D eigenvalue weighted by Gasteiger charge is -1.95. The van der Waals surface area contributed by atoms with E-state index in [4.69, 9.17) is 16.7 Å². The number of aliphatic hydroxyl groups is 1. The molecule has 1 rings (SSSR count). The molecule has 0 aliphatic carbocycles. The summed E-state index contributed by atoms with van der Waals surface area (Å²) in [5.41, 5.74) is 0.863. The second-order valence-electron chi connectivity index (χ2n) is 2.40. The molecule has 0 heterocycles. The van der Waals surface area contributed by atoms with Gasteiger partial charge in [0.05, 0.1) is 11.6 Å². The van der Waals surface area contributed by atoms with E-state index >= 15 is 0 Å². The summed E-state index contributed by atoms with van der Waals surface area (Å²) >= 11 is 9.15. The topological polar surface area (TPSA) is 20.2 Å². The van der Waals surface area contributed by atoms with E-state index < -0.39 is 0 Å². The Morgan fingerprint density at radius 3 is 2.85 bits per heavy atom. The number of aliphatic hydroxyl groups excluding tert-OH is 1. The number of halogens is 2. The van der Waals surface area contributed by atoms with Crippen LogP contribution >= 0.6 is 27.5 Å². The molecule has 1 aromatic rings. The van der Waals surface area contributed by atoms with Crippen molar-refractivity contribution in [2.24, 2.45) is 0 Å². The summed E-state index contributed by atoms with van der Waals surface area (Å²) in [6.07, 6.45) is 0.494. The summed E-state index contributed by atoms with van der Waals surface area (Å²) in [5, 5.41) is 9.16. The Bertz CT molecular complexity index is 352. The molecule has 0 aromatic heterocycles. The quantitative estimate of drug-likeness (QED) is 0.769. The molecule has 1 N–H and O–H groups in total. The first-order valence-electron chi connectivity index (χ1n) is 3.79. The fraction of sp³-hybridized carbons (Fsp3) is 0.200. The highest BCUT2D eigenvalue weighted by Crippen LogP contribution is 2.22. The minimum atomic E-state index is 0.0945. The molecule has 0 unspecified atom stereocenters. The van der Waals surface area contributed by atoms with Gasteiger partial charge in [0, 0.05) is 16.5 Å². The number of hydrogen-bond acceptors (Lipinski definition) is 1.